The first-order valence-corrected chi connectivity index (χ1v) is 6.93. The zero-order valence-electron chi connectivity index (χ0n) is 11.3. The molecule has 0 N–H and O–H groups in total. The molecule has 18 heavy (non-hydrogen) atoms. The highest BCUT2D eigenvalue weighted by Gasteiger charge is 2.12. The molecule has 1 aliphatic heterocycles. The van der Waals surface area contributed by atoms with Crippen molar-refractivity contribution in [3.63, 3.8) is 0 Å². The van der Waals surface area contributed by atoms with E-state index in [0.29, 0.717) is 0 Å². The first kappa shape index (κ1) is 13.4. The van der Waals surface area contributed by atoms with E-state index >= 15 is 0 Å². The van der Waals surface area contributed by atoms with Crippen molar-refractivity contribution in [2.75, 3.05) is 46.4 Å². The topological polar surface area (TPSA) is 15.7 Å². The summed E-state index contributed by atoms with van der Waals surface area (Å²) in [6.07, 6.45) is 2.37. The monoisotopic (exact) mass is 248 g/mol. The van der Waals surface area contributed by atoms with Gasteiger partial charge in [0.25, 0.3) is 0 Å². The number of rotatable bonds is 6. The fourth-order valence-corrected chi connectivity index (χ4v) is 2.22. The van der Waals surface area contributed by atoms with Crippen LogP contribution in [0.1, 0.15) is 12.8 Å². The Labute approximate surface area is 110 Å². The summed E-state index contributed by atoms with van der Waals surface area (Å²) in [6, 6.07) is 10.1. The second-order valence-corrected chi connectivity index (χ2v) is 5.01. The van der Waals surface area contributed by atoms with Gasteiger partial charge in [-0.3, -0.25) is 0 Å². The Bertz CT molecular complexity index is 321. The molecule has 1 aromatic rings. The first-order chi connectivity index (χ1) is 8.84. The molecule has 0 bridgehead atoms. The summed E-state index contributed by atoms with van der Waals surface area (Å²) in [4.78, 5) is 4.96. The van der Waals surface area contributed by atoms with Gasteiger partial charge in [-0.15, -0.1) is 0 Å². The predicted octanol–water partition coefficient (Wildman–Crippen LogP) is 2.09. The van der Waals surface area contributed by atoms with Crippen molar-refractivity contribution in [1.29, 1.82) is 0 Å². The standard InChI is InChI=1S/C15H24N2O/c1-16-10-12-17(13-11-16)9-5-6-14-18-15-7-3-2-4-8-15/h2-4,7-8H,5-6,9-14H2,1H3. The predicted molar refractivity (Wildman–Crippen MR) is 75.1 cm³/mol. The largest absolute Gasteiger partial charge is 0.494 e. The van der Waals surface area contributed by atoms with E-state index in [4.69, 9.17) is 4.74 Å². The van der Waals surface area contributed by atoms with Gasteiger partial charge in [0.05, 0.1) is 6.61 Å². The van der Waals surface area contributed by atoms with Gasteiger partial charge in [0.15, 0.2) is 0 Å². The molecule has 0 atom stereocenters. The van der Waals surface area contributed by atoms with Crippen LogP contribution in [0.15, 0.2) is 30.3 Å². The van der Waals surface area contributed by atoms with Crippen molar-refractivity contribution in [1.82, 2.24) is 9.80 Å². The molecule has 1 aliphatic rings. The second kappa shape index (κ2) is 7.39. The van der Waals surface area contributed by atoms with E-state index in [-0.39, 0.29) is 0 Å². The minimum absolute atomic E-state index is 0.831. The Hall–Kier alpha value is -1.06. The molecule has 1 aromatic carbocycles. The highest BCUT2D eigenvalue weighted by Crippen LogP contribution is 2.09. The summed E-state index contributed by atoms with van der Waals surface area (Å²) in [5.74, 6) is 0.983. The summed E-state index contributed by atoms with van der Waals surface area (Å²) in [5.41, 5.74) is 0. The minimum atomic E-state index is 0.831. The van der Waals surface area contributed by atoms with Crippen LogP contribution in [-0.4, -0.2) is 56.2 Å². The van der Waals surface area contributed by atoms with Crippen LogP contribution in [0.3, 0.4) is 0 Å². The van der Waals surface area contributed by atoms with Crippen molar-refractivity contribution in [2.45, 2.75) is 12.8 Å². The molecule has 0 aromatic heterocycles. The van der Waals surface area contributed by atoms with Crippen molar-refractivity contribution in [2.24, 2.45) is 0 Å². The molecule has 0 saturated carbocycles. The molecule has 1 heterocycles. The van der Waals surface area contributed by atoms with Crippen molar-refractivity contribution >= 4 is 0 Å². The number of hydrogen-bond donors (Lipinski definition) is 0. The zero-order chi connectivity index (χ0) is 12.6. The van der Waals surface area contributed by atoms with Gasteiger partial charge in [0, 0.05) is 26.2 Å². The number of piperazine rings is 1. The fourth-order valence-electron chi connectivity index (χ4n) is 2.22. The van der Waals surface area contributed by atoms with Gasteiger partial charge in [0.2, 0.25) is 0 Å². The third-order valence-corrected chi connectivity index (χ3v) is 3.48. The first-order valence-electron chi connectivity index (χ1n) is 6.93. The summed E-state index contributed by atoms with van der Waals surface area (Å²) >= 11 is 0. The lowest BCUT2D eigenvalue weighted by molar-refractivity contribution is 0.150. The van der Waals surface area contributed by atoms with Crippen molar-refractivity contribution < 1.29 is 4.74 Å². The van der Waals surface area contributed by atoms with Crippen LogP contribution in [-0.2, 0) is 0 Å². The van der Waals surface area contributed by atoms with E-state index in [2.05, 4.69) is 16.8 Å². The Morgan fingerprint density at radius 2 is 1.72 bits per heavy atom. The Balaban J connectivity index is 1.51. The molecule has 0 aliphatic carbocycles. The highest BCUT2D eigenvalue weighted by molar-refractivity contribution is 5.20. The molecular formula is C15H24N2O. The fraction of sp³-hybridized carbons (Fsp3) is 0.600. The Kier molecular flexibility index (Phi) is 5.49. The van der Waals surface area contributed by atoms with Gasteiger partial charge in [-0.25, -0.2) is 0 Å². The summed E-state index contributed by atoms with van der Waals surface area (Å²) in [5, 5.41) is 0. The minimum Gasteiger partial charge on any atom is -0.494 e. The van der Waals surface area contributed by atoms with Crippen LogP contribution in [0, 0.1) is 0 Å². The van der Waals surface area contributed by atoms with E-state index < -0.39 is 0 Å². The maximum atomic E-state index is 5.69. The maximum Gasteiger partial charge on any atom is 0.119 e. The molecule has 1 fully saturated rings. The van der Waals surface area contributed by atoms with Crippen LogP contribution in [0.4, 0.5) is 0 Å². The molecule has 3 nitrogen and oxygen atoms in total. The molecule has 0 amide bonds. The van der Waals surface area contributed by atoms with Gasteiger partial charge >= 0.3 is 0 Å². The second-order valence-electron chi connectivity index (χ2n) is 5.01. The third kappa shape index (κ3) is 4.67. The zero-order valence-corrected chi connectivity index (χ0v) is 11.3. The highest BCUT2D eigenvalue weighted by atomic mass is 16.5. The van der Waals surface area contributed by atoms with Gasteiger partial charge in [0.1, 0.15) is 5.75 Å². The number of unbranched alkanes of at least 4 members (excludes halogenated alkanes) is 1. The average molecular weight is 248 g/mol. The average Bonchev–Trinajstić information content (AvgIpc) is 2.42. The normalized spacial score (nSPS) is 17.8. The van der Waals surface area contributed by atoms with Gasteiger partial charge in [-0.1, -0.05) is 18.2 Å². The van der Waals surface area contributed by atoms with E-state index in [1.807, 2.05) is 30.3 Å². The number of ether oxygens (including phenoxy) is 1. The van der Waals surface area contributed by atoms with Crippen LogP contribution >= 0.6 is 0 Å². The number of para-hydroxylation sites is 1. The van der Waals surface area contributed by atoms with E-state index in [0.717, 1.165) is 18.8 Å². The van der Waals surface area contributed by atoms with E-state index in [1.165, 1.54) is 39.1 Å². The van der Waals surface area contributed by atoms with Crippen molar-refractivity contribution in [3.8, 4) is 5.75 Å². The lowest BCUT2D eigenvalue weighted by Gasteiger charge is -2.32. The SMILES string of the molecule is CN1CCN(CCCCOc2ccccc2)CC1. The molecule has 0 unspecified atom stereocenters. The van der Waals surface area contributed by atoms with Crippen LogP contribution < -0.4 is 4.74 Å². The van der Waals surface area contributed by atoms with E-state index in [1.54, 1.807) is 0 Å². The Morgan fingerprint density at radius 3 is 2.44 bits per heavy atom. The molecular weight excluding hydrogens is 224 g/mol. The number of likely N-dealkylation sites (N-methyl/N-ethyl adjacent to an activating group) is 1. The van der Waals surface area contributed by atoms with Gasteiger partial charge < -0.3 is 14.5 Å². The summed E-state index contributed by atoms with van der Waals surface area (Å²) in [7, 11) is 2.20. The smallest absolute Gasteiger partial charge is 0.119 e. The molecule has 3 heteroatoms. The number of benzene rings is 1. The lowest BCUT2D eigenvalue weighted by atomic mass is 10.2. The van der Waals surface area contributed by atoms with E-state index in [9.17, 15) is 0 Å². The number of nitrogens with zero attached hydrogens (tertiary/aromatic N) is 2. The summed E-state index contributed by atoms with van der Waals surface area (Å²) in [6.45, 7) is 6.90. The molecule has 0 spiro atoms. The summed E-state index contributed by atoms with van der Waals surface area (Å²) < 4.78 is 5.69. The third-order valence-electron chi connectivity index (χ3n) is 3.48. The Morgan fingerprint density at radius 1 is 1.00 bits per heavy atom. The molecule has 0 radical (unpaired) electrons. The van der Waals surface area contributed by atoms with Gasteiger partial charge in [-0.05, 0) is 38.6 Å². The molecule has 1 saturated heterocycles. The maximum absolute atomic E-state index is 5.69. The lowest BCUT2D eigenvalue weighted by Crippen LogP contribution is -2.44. The van der Waals surface area contributed by atoms with Gasteiger partial charge in [-0.2, -0.15) is 0 Å². The number of hydrogen-bond acceptors (Lipinski definition) is 3. The van der Waals surface area contributed by atoms with Crippen LogP contribution in [0.2, 0.25) is 0 Å². The molecule has 100 valence electrons. The molecule has 2 rings (SSSR count). The quantitative estimate of drug-likeness (QED) is 0.717. The van der Waals surface area contributed by atoms with Crippen molar-refractivity contribution in [3.05, 3.63) is 30.3 Å². The van der Waals surface area contributed by atoms with Crippen LogP contribution in [0.5, 0.6) is 5.75 Å². The van der Waals surface area contributed by atoms with Crippen LogP contribution in [0.25, 0.3) is 0 Å².